The summed E-state index contributed by atoms with van der Waals surface area (Å²) >= 11 is 4.37. The van der Waals surface area contributed by atoms with E-state index in [2.05, 4.69) is 20.8 Å². The van der Waals surface area contributed by atoms with Crippen LogP contribution in [0.5, 0.6) is 0 Å². The molecule has 3 rings (SSSR count). The first-order valence-corrected chi connectivity index (χ1v) is 8.55. The minimum atomic E-state index is -0.218. The van der Waals surface area contributed by atoms with Crippen LogP contribution in [0.15, 0.2) is 33.6 Å². The van der Waals surface area contributed by atoms with E-state index in [0.29, 0.717) is 24.8 Å². The first-order chi connectivity index (χ1) is 10.6. The van der Waals surface area contributed by atoms with E-state index in [0.717, 1.165) is 34.9 Å². The fraction of sp³-hybridized carbons (Fsp3) is 0.333. The van der Waals surface area contributed by atoms with Crippen LogP contribution in [-0.2, 0) is 9.53 Å². The van der Waals surface area contributed by atoms with Gasteiger partial charge in [0.2, 0.25) is 0 Å². The molecule has 7 heteroatoms. The second kappa shape index (κ2) is 6.95. The molecular weight excluding hydrogens is 368 g/mol. The van der Waals surface area contributed by atoms with Crippen LogP contribution in [0.25, 0.3) is 6.08 Å². The smallest absolute Gasteiger partial charge is 0.294 e. The predicted molar refractivity (Wildman–Crippen MR) is 89.2 cm³/mol. The van der Waals surface area contributed by atoms with E-state index in [1.807, 2.05) is 24.3 Å². The van der Waals surface area contributed by atoms with E-state index in [1.165, 1.54) is 4.90 Å². The highest BCUT2D eigenvalue weighted by Gasteiger charge is 2.36. The Labute approximate surface area is 141 Å². The molecule has 0 radical (unpaired) electrons. The molecule has 2 saturated heterocycles. The summed E-state index contributed by atoms with van der Waals surface area (Å²) in [4.78, 5) is 28.3. The molecule has 2 aliphatic rings. The number of thioether (sulfide) groups is 1. The summed E-state index contributed by atoms with van der Waals surface area (Å²) in [6, 6.07) is 7.62. The van der Waals surface area contributed by atoms with Crippen molar-refractivity contribution >= 4 is 44.9 Å². The molecular formula is C15H15BrN2O3S. The predicted octanol–water partition coefficient (Wildman–Crippen LogP) is 2.78. The van der Waals surface area contributed by atoms with Crippen molar-refractivity contribution in [2.24, 2.45) is 0 Å². The second-order valence-corrected chi connectivity index (χ2v) is 6.94. The van der Waals surface area contributed by atoms with Gasteiger partial charge in [-0.25, -0.2) is 0 Å². The van der Waals surface area contributed by atoms with Gasteiger partial charge in [-0.3, -0.25) is 19.4 Å². The van der Waals surface area contributed by atoms with Gasteiger partial charge in [-0.15, -0.1) is 0 Å². The third-order valence-corrected chi connectivity index (χ3v) is 4.92. The first-order valence-electron chi connectivity index (χ1n) is 6.94. The standard InChI is InChI=1S/C15H15BrN2O3S/c16-12-3-1-11(2-4-12)9-13-14(19)18(15(20)22-13)10-17-5-7-21-8-6-17/h1-4,9H,5-8,10H2. The van der Waals surface area contributed by atoms with Gasteiger partial charge >= 0.3 is 0 Å². The van der Waals surface area contributed by atoms with E-state index in [4.69, 9.17) is 4.74 Å². The summed E-state index contributed by atoms with van der Waals surface area (Å²) in [5, 5.41) is -0.208. The zero-order valence-corrected chi connectivity index (χ0v) is 14.2. The Bertz CT molecular complexity index is 612. The van der Waals surface area contributed by atoms with Gasteiger partial charge in [0.05, 0.1) is 24.8 Å². The second-order valence-electron chi connectivity index (χ2n) is 5.03. The lowest BCUT2D eigenvalue weighted by Crippen LogP contribution is -2.45. The summed E-state index contributed by atoms with van der Waals surface area (Å²) in [5.74, 6) is -0.218. The lowest BCUT2D eigenvalue weighted by molar-refractivity contribution is -0.125. The summed E-state index contributed by atoms with van der Waals surface area (Å²) < 4.78 is 6.25. The summed E-state index contributed by atoms with van der Waals surface area (Å²) in [7, 11) is 0. The van der Waals surface area contributed by atoms with E-state index >= 15 is 0 Å². The van der Waals surface area contributed by atoms with Crippen molar-refractivity contribution in [2.45, 2.75) is 0 Å². The number of hydrogen-bond donors (Lipinski definition) is 0. The van der Waals surface area contributed by atoms with Crippen LogP contribution in [0.3, 0.4) is 0 Å². The fourth-order valence-electron chi connectivity index (χ4n) is 2.27. The lowest BCUT2D eigenvalue weighted by atomic mass is 10.2. The van der Waals surface area contributed by atoms with E-state index < -0.39 is 0 Å². The van der Waals surface area contributed by atoms with Crippen molar-refractivity contribution in [1.82, 2.24) is 9.80 Å². The Morgan fingerprint density at radius 3 is 2.55 bits per heavy atom. The Morgan fingerprint density at radius 1 is 1.18 bits per heavy atom. The Balaban J connectivity index is 1.71. The van der Waals surface area contributed by atoms with Gasteiger partial charge in [0.1, 0.15) is 0 Å². The number of nitrogens with zero attached hydrogens (tertiary/aromatic N) is 2. The molecule has 1 aromatic carbocycles. The van der Waals surface area contributed by atoms with Gasteiger partial charge in [0, 0.05) is 17.6 Å². The Morgan fingerprint density at radius 2 is 1.86 bits per heavy atom. The molecule has 0 bridgehead atoms. The fourth-order valence-corrected chi connectivity index (χ4v) is 3.37. The quantitative estimate of drug-likeness (QED) is 0.752. The van der Waals surface area contributed by atoms with E-state index in [-0.39, 0.29) is 11.1 Å². The maximum Gasteiger partial charge on any atom is 0.294 e. The molecule has 0 aromatic heterocycles. The van der Waals surface area contributed by atoms with Gasteiger partial charge in [-0.2, -0.15) is 0 Å². The van der Waals surface area contributed by atoms with Crippen molar-refractivity contribution in [2.75, 3.05) is 33.0 Å². The summed E-state index contributed by atoms with van der Waals surface area (Å²) in [6.07, 6.45) is 1.76. The van der Waals surface area contributed by atoms with Gasteiger partial charge in [-0.05, 0) is 35.5 Å². The molecule has 0 saturated carbocycles. The first kappa shape index (κ1) is 15.7. The number of rotatable bonds is 3. The number of morpholine rings is 1. The normalized spacial score (nSPS) is 21.9. The van der Waals surface area contributed by atoms with Crippen molar-refractivity contribution in [3.05, 3.63) is 39.2 Å². The van der Waals surface area contributed by atoms with Crippen LogP contribution in [0.2, 0.25) is 0 Å². The summed E-state index contributed by atoms with van der Waals surface area (Å²) in [5.41, 5.74) is 0.903. The van der Waals surface area contributed by atoms with Crippen LogP contribution in [-0.4, -0.2) is 53.9 Å². The highest BCUT2D eigenvalue weighted by Crippen LogP contribution is 2.32. The van der Waals surface area contributed by atoms with Gasteiger partial charge in [0.15, 0.2) is 0 Å². The van der Waals surface area contributed by atoms with E-state index in [9.17, 15) is 9.59 Å². The molecule has 5 nitrogen and oxygen atoms in total. The molecule has 2 heterocycles. The number of benzene rings is 1. The number of imide groups is 1. The topological polar surface area (TPSA) is 49.9 Å². The minimum Gasteiger partial charge on any atom is -0.379 e. The largest absolute Gasteiger partial charge is 0.379 e. The monoisotopic (exact) mass is 382 g/mol. The number of halogens is 1. The Kier molecular flexibility index (Phi) is 4.97. The zero-order valence-electron chi connectivity index (χ0n) is 11.8. The van der Waals surface area contributed by atoms with Crippen molar-refractivity contribution < 1.29 is 14.3 Å². The van der Waals surface area contributed by atoms with Crippen LogP contribution < -0.4 is 0 Å². The average Bonchev–Trinajstić information content (AvgIpc) is 2.78. The molecule has 1 aromatic rings. The van der Waals surface area contributed by atoms with Crippen molar-refractivity contribution in [3.8, 4) is 0 Å². The highest BCUT2D eigenvalue weighted by molar-refractivity contribution is 9.10. The van der Waals surface area contributed by atoms with Gasteiger partial charge in [-0.1, -0.05) is 28.1 Å². The molecule has 0 atom stereocenters. The Hall–Kier alpha value is -1.15. The lowest BCUT2D eigenvalue weighted by Gasteiger charge is -2.29. The molecule has 116 valence electrons. The van der Waals surface area contributed by atoms with Crippen LogP contribution in [0, 0.1) is 0 Å². The SMILES string of the molecule is O=C1SC(=Cc2ccc(Br)cc2)C(=O)N1CN1CCOCC1. The van der Waals surface area contributed by atoms with Gasteiger partial charge < -0.3 is 4.74 Å². The molecule has 0 spiro atoms. The number of carbonyl (C=O) groups excluding carboxylic acids is 2. The number of carbonyl (C=O) groups is 2. The maximum atomic E-state index is 12.4. The molecule has 0 N–H and O–H groups in total. The summed E-state index contributed by atoms with van der Waals surface area (Å²) in [6.45, 7) is 3.11. The maximum absolute atomic E-state index is 12.4. The molecule has 22 heavy (non-hydrogen) atoms. The number of amides is 2. The molecule has 2 fully saturated rings. The zero-order chi connectivity index (χ0) is 15.5. The molecule has 2 aliphatic heterocycles. The molecule has 0 aliphatic carbocycles. The van der Waals surface area contributed by atoms with Crippen LogP contribution in [0.4, 0.5) is 4.79 Å². The van der Waals surface area contributed by atoms with Crippen LogP contribution >= 0.6 is 27.7 Å². The van der Waals surface area contributed by atoms with Crippen LogP contribution in [0.1, 0.15) is 5.56 Å². The highest BCUT2D eigenvalue weighted by atomic mass is 79.9. The minimum absolute atomic E-state index is 0.208. The third kappa shape index (κ3) is 3.60. The number of ether oxygens (including phenoxy) is 1. The average molecular weight is 383 g/mol. The molecule has 2 amide bonds. The number of hydrogen-bond acceptors (Lipinski definition) is 5. The molecule has 0 unspecified atom stereocenters. The van der Waals surface area contributed by atoms with Crippen molar-refractivity contribution in [3.63, 3.8) is 0 Å². The third-order valence-electron chi connectivity index (χ3n) is 3.49. The van der Waals surface area contributed by atoms with E-state index in [1.54, 1.807) is 6.08 Å². The van der Waals surface area contributed by atoms with Gasteiger partial charge in [0.25, 0.3) is 11.1 Å². The van der Waals surface area contributed by atoms with Crippen molar-refractivity contribution in [1.29, 1.82) is 0 Å².